The molecule has 0 saturated heterocycles. The second-order valence-corrected chi connectivity index (χ2v) is 5.67. The summed E-state index contributed by atoms with van der Waals surface area (Å²) in [5.74, 6) is 1.35. The summed E-state index contributed by atoms with van der Waals surface area (Å²) in [5, 5.41) is 3.30. The van der Waals surface area contributed by atoms with Gasteiger partial charge in [-0.05, 0) is 41.5 Å². The molecule has 3 nitrogen and oxygen atoms in total. The van der Waals surface area contributed by atoms with Crippen LogP contribution in [0.4, 0.5) is 4.39 Å². The SMILES string of the molecule is Fc1ccc(Br)c(CNCc2ccc3c(c2)OCCO3)c1. The molecule has 0 unspecified atom stereocenters. The molecule has 2 aromatic carbocycles. The van der Waals surface area contributed by atoms with Crippen molar-refractivity contribution in [3.05, 3.63) is 57.8 Å². The minimum atomic E-state index is -0.227. The highest BCUT2D eigenvalue weighted by atomic mass is 79.9. The van der Waals surface area contributed by atoms with Gasteiger partial charge in [0, 0.05) is 17.6 Å². The first-order valence-corrected chi connectivity index (χ1v) is 7.55. The molecule has 1 aliphatic rings. The highest BCUT2D eigenvalue weighted by molar-refractivity contribution is 9.10. The van der Waals surface area contributed by atoms with Gasteiger partial charge in [-0.3, -0.25) is 0 Å². The van der Waals surface area contributed by atoms with Crippen molar-refractivity contribution in [2.75, 3.05) is 13.2 Å². The van der Waals surface area contributed by atoms with Crippen molar-refractivity contribution in [3.63, 3.8) is 0 Å². The Morgan fingerprint density at radius 2 is 1.81 bits per heavy atom. The van der Waals surface area contributed by atoms with E-state index in [0.29, 0.717) is 26.3 Å². The fraction of sp³-hybridized carbons (Fsp3) is 0.250. The van der Waals surface area contributed by atoms with Gasteiger partial charge in [-0.15, -0.1) is 0 Å². The Bertz CT molecular complexity index is 648. The van der Waals surface area contributed by atoms with E-state index in [1.165, 1.54) is 12.1 Å². The summed E-state index contributed by atoms with van der Waals surface area (Å²) in [5.41, 5.74) is 2.00. The minimum absolute atomic E-state index is 0.227. The van der Waals surface area contributed by atoms with E-state index in [1.807, 2.05) is 18.2 Å². The van der Waals surface area contributed by atoms with E-state index in [2.05, 4.69) is 21.2 Å². The topological polar surface area (TPSA) is 30.5 Å². The number of rotatable bonds is 4. The maximum Gasteiger partial charge on any atom is 0.161 e. The van der Waals surface area contributed by atoms with Gasteiger partial charge in [0.2, 0.25) is 0 Å². The van der Waals surface area contributed by atoms with Crippen molar-refractivity contribution >= 4 is 15.9 Å². The standard InChI is InChI=1S/C16H15BrFNO2/c17-14-3-2-13(18)8-12(14)10-19-9-11-1-4-15-16(7-11)21-6-5-20-15/h1-4,7-8,19H,5-6,9-10H2. The highest BCUT2D eigenvalue weighted by Crippen LogP contribution is 2.30. The molecule has 0 aliphatic carbocycles. The van der Waals surface area contributed by atoms with Crippen LogP contribution in [0.15, 0.2) is 40.9 Å². The van der Waals surface area contributed by atoms with E-state index in [4.69, 9.17) is 9.47 Å². The number of halogens is 2. The Labute approximate surface area is 131 Å². The van der Waals surface area contributed by atoms with Gasteiger partial charge in [-0.2, -0.15) is 0 Å². The van der Waals surface area contributed by atoms with Crippen LogP contribution < -0.4 is 14.8 Å². The van der Waals surface area contributed by atoms with E-state index in [-0.39, 0.29) is 5.82 Å². The summed E-state index contributed by atoms with van der Waals surface area (Å²) < 4.78 is 25.1. The average molecular weight is 352 g/mol. The van der Waals surface area contributed by atoms with Gasteiger partial charge in [0.05, 0.1) is 0 Å². The summed E-state index contributed by atoms with van der Waals surface area (Å²) in [6, 6.07) is 10.6. The molecule has 0 amide bonds. The minimum Gasteiger partial charge on any atom is -0.486 e. The Hall–Kier alpha value is -1.59. The molecule has 2 aromatic rings. The predicted octanol–water partition coefficient (Wildman–Crippen LogP) is 3.65. The maximum absolute atomic E-state index is 13.2. The molecule has 0 spiro atoms. The number of fused-ring (bicyclic) bond motifs is 1. The summed E-state index contributed by atoms with van der Waals surface area (Å²) >= 11 is 3.42. The van der Waals surface area contributed by atoms with Crippen LogP contribution in [-0.2, 0) is 13.1 Å². The van der Waals surface area contributed by atoms with Gasteiger partial charge >= 0.3 is 0 Å². The van der Waals surface area contributed by atoms with E-state index in [1.54, 1.807) is 6.07 Å². The second kappa shape index (κ2) is 6.45. The lowest BCUT2D eigenvalue weighted by molar-refractivity contribution is 0.171. The highest BCUT2D eigenvalue weighted by Gasteiger charge is 2.11. The fourth-order valence-electron chi connectivity index (χ4n) is 2.22. The number of hydrogen-bond acceptors (Lipinski definition) is 3. The lowest BCUT2D eigenvalue weighted by Gasteiger charge is -2.19. The molecule has 5 heteroatoms. The molecular formula is C16H15BrFNO2. The fourth-order valence-corrected chi connectivity index (χ4v) is 2.60. The quantitative estimate of drug-likeness (QED) is 0.911. The average Bonchev–Trinajstić information content (AvgIpc) is 2.50. The molecule has 0 fully saturated rings. The number of ether oxygens (including phenoxy) is 2. The van der Waals surface area contributed by atoms with Gasteiger partial charge in [0.15, 0.2) is 11.5 Å². The first-order valence-electron chi connectivity index (χ1n) is 6.75. The zero-order chi connectivity index (χ0) is 14.7. The lowest BCUT2D eigenvalue weighted by atomic mass is 10.1. The van der Waals surface area contributed by atoms with Crippen LogP contribution in [-0.4, -0.2) is 13.2 Å². The zero-order valence-electron chi connectivity index (χ0n) is 11.4. The number of nitrogens with one attached hydrogen (secondary N) is 1. The normalized spacial score (nSPS) is 13.2. The number of benzene rings is 2. The molecule has 21 heavy (non-hydrogen) atoms. The van der Waals surface area contributed by atoms with E-state index in [0.717, 1.165) is 27.1 Å². The van der Waals surface area contributed by atoms with Gasteiger partial charge in [-0.25, -0.2) is 4.39 Å². The Kier molecular flexibility index (Phi) is 4.41. The van der Waals surface area contributed by atoms with Crippen LogP contribution in [0.2, 0.25) is 0 Å². The monoisotopic (exact) mass is 351 g/mol. The number of hydrogen-bond donors (Lipinski definition) is 1. The van der Waals surface area contributed by atoms with Crippen LogP contribution in [0, 0.1) is 5.82 Å². The third kappa shape index (κ3) is 3.54. The third-order valence-corrected chi connectivity index (χ3v) is 4.03. The maximum atomic E-state index is 13.2. The van der Waals surface area contributed by atoms with Crippen LogP contribution >= 0.6 is 15.9 Å². The van der Waals surface area contributed by atoms with Crippen molar-refractivity contribution < 1.29 is 13.9 Å². The van der Waals surface area contributed by atoms with Gasteiger partial charge in [0.1, 0.15) is 19.0 Å². The molecule has 1 heterocycles. The van der Waals surface area contributed by atoms with Crippen LogP contribution in [0.5, 0.6) is 11.5 Å². The molecule has 0 bridgehead atoms. The molecule has 0 saturated carbocycles. The summed E-state index contributed by atoms with van der Waals surface area (Å²) in [6.07, 6.45) is 0. The first kappa shape index (κ1) is 14.4. The third-order valence-electron chi connectivity index (χ3n) is 3.26. The predicted molar refractivity (Wildman–Crippen MR) is 82.1 cm³/mol. The van der Waals surface area contributed by atoms with Gasteiger partial charge in [0.25, 0.3) is 0 Å². The van der Waals surface area contributed by atoms with Crippen molar-refractivity contribution in [1.82, 2.24) is 5.32 Å². The zero-order valence-corrected chi connectivity index (χ0v) is 13.0. The Balaban J connectivity index is 1.61. The van der Waals surface area contributed by atoms with E-state index >= 15 is 0 Å². The van der Waals surface area contributed by atoms with Gasteiger partial charge < -0.3 is 14.8 Å². The Morgan fingerprint density at radius 1 is 1.00 bits per heavy atom. The smallest absolute Gasteiger partial charge is 0.161 e. The lowest BCUT2D eigenvalue weighted by Crippen LogP contribution is -2.17. The van der Waals surface area contributed by atoms with Gasteiger partial charge in [-0.1, -0.05) is 22.0 Å². The molecule has 0 aromatic heterocycles. The molecule has 1 aliphatic heterocycles. The van der Waals surface area contributed by atoms with Crippen molar-refractivity contribution in [1.29, 1.82) is 0 Å². The largest absolute Gasteiger partial charge is 0.486 e. The molecule has 0 atom stereocenters. The van der Waals surface area contributed by atoms with E-state index < -0.39 is 0 Å². The van der Waals surface area contributed by atoms with Crippen LogP contribution in [0.1, 0.15) is 11.1 Å². The van der Waals surface area contributed by atoms with E-state index in [9.17, 15) is 4.39 Å². The van der Waals surface area contributed by atoms with Crippen LogP contribution in [0.25, 0.3) is 0 Å². The molecular weight excluding hydrogens is 337 g/mol. The Morgan fingerprint density at radius 3 is 2.67 bits per heavy atom. The van der Waals surface area contributed by atoms with Crippen molar-refractivity contribution in [2.24, 2.45) is 0 Å². The van der Waals surface area contributed by atoms with Crippen molar-refractivity contribution in [3.8, 4) is 11.5 Å². The second-order valence-electron chi connectivity index (χ2n) is 4.82. The van der Waals surface area contributed by atoms with Crippen molar-refractivity contribution in [2.45, 2.75) is 13.1 Å². The molecule has 0 radical (unpaired) electrons. The summed E-state index contributed by atoms with van der Waals surface area (Å²) in [4.78, 5) is 0. The van der Waals surface area contributed by atoms with Crippen LogP contribution in [0.3, 0.4) is 0 Å². The molecule has 1 N–H and O–H groups in total. The first-order chi connectivity index (χ1) is 10.2. The summed E-state index contributed by atoms with van der Waals surface area (Å²) in [7, 11) is 0. The molecule has 3 rings (SSSR count). The summed E-state index contributed by atoms with van der Waals surface area (Å²) in [6.45, 7) is 2.45. The molecule has 110 valence electrons.